The number of morpholine rings is 1. The van der Waals surface area contributed by atoms with E-state index in [1.807, 2.05) is 43.3 Å². The smallest absolute Gasteiger partial charge is 0.416 e. The first-order valence-corrected chi connectivity index (χ1v) is 14.1. The summed E-state index contributed by atoms with van der Waals surface area (Å²) < 4.78 is 52.5. The van der Waals surface area contributed by atoms with E-state index < -0.39 is 11.7 Å². The molecule has 42 heavy (non-hydrogen) atoms. The second-order valence-corrected chi connectivity index (χ2v) is 10.7. The van der Waals surface area contributed by atoms with Crippen LogP contribution in [0, 0.1) is 6.92 Å². The predicted molar refractivity (Wildman–Crippen MR) is 159 cm³/mol. The van der Waals surface area contributed by atoms with Crippen molar-refractivity contribution in [3.05, 3.63) is 95.2 Å². The maximum absolute atomic E-state index is 12.7. The number of aromatic nitrogens is 2. The summed E-state index contributed by atoms with van der Waals surface area (Å²) in [5.74, 6) is 0.702. The number of alkyl halides is 3. The summed E-state index contributed by atoms with van der Waals surface area (Å²) in [6, 6.07) is 18.5. The van der Waals surface area contributed by atoms with E-state index in [9.17, 15) is 18.0 Å². The van der Waals surface area contributed by atoms with Crippen molar-refractivity contribution in [1.29, 1.82) is 0 Å². The molecule has 1 aromatic heterocycles. The van der Waals surface area contributed by atoms with E-state index in [-0.39, 0.29) is 0 Å². The van der Waals surface area contributed by atoms with E-state index in [1.165, 1.54) is 28.3 Å². The lowest BCUT2D eigenvalue weighted by molar-refractivity contribution is -0.137. The highest BCUT2D eigenvalue weighted by Gasteiger charge is 2.30. The lowest BCUT2D eigenvalue weighted by Gasteiger charge is -2.26. The van der Waals surface area contributed by atoms with E-state index in [2.05, 4.69) is 39.8 Å². The molecule has 1 N–H and O–H groups in total. The number of aryl methyl sites for hydroxylation is 1. The third-order valence-electron chi connectivity index (χ3n) is 6.56. The number of nitrogens with one attached hydrogen (secondary N) is 1. The number of benzene rings is 3. The van der Waals surface area contributed by atoms with Crippen molar-refractivity contribution >= 4 is 23.9 Å². The topological polar surface area (TPSA) is 68.6 Å². The molecule has 0 amide bonds. The number of hydrogen-bond acceptors (Lipinski definition) is 7. The molecule has 1 aliphatic heterocycles. The Bertz CT molecular complexity index is 1470. The Morgan fingerprint density at radius 2 is 1.81 bits per heavy atom. The molecule has 1 fully saturated rings. The molecule has 7 nitrogen and oxygen atoms in total. The molecule has 1 aliphatic rings. The summed E-state index contributed by atoms with van der Waals surface area (Å²) in [4.78, 5) is 12.7. The number of halogens is 3. The Kier molecular flexibility index (Phi) is 10.7. The van der Waals surface area contributed by atoms with E-state index >= 15 is 0 Å². The number of carbonyl (C=O) groups excluding carboxylic acids is 1. The Morgan fingerprint density at radius 1 is 1.07 bits per heavy atom. The fraction of sp³-hybridized carbons (Fsp3) is 0.290. The first kappa shape index (κ1) is 31.1. The number of carbonyl (C=O) groups is 1. The molecule has 0 atom stereocenters. The van der Waals surface area contributed by atoms with Crippen LogP contribution in [0.15, 0.2) is 77.8 Å². The van der Waals surface area contributed by atoms with Gasteiger partial charge in [-0.3, -0.25) is 9.48 Å². The third-order valence-corrected chi connectivity index (χ3v) is 7.82. The van der Waals surface area contributed by atoms with E-state index in [1.54, 1.807) is 18.0 Å². The fourth-order valence-corrected chi connectivity index (χ4v) is 5.24. The second kappa shape index (κ2) is 14.4. The minimum absolute atomic E-state index is 0.313. The van der Waals surface area contributed by atoms with Gasteiger partial charge in [0, 0.05) is 42.5 Å². The molecule has 2 heterocycles. The van der Waals surface area contributed by atoms with Crippen molar-refractivity contribution in [1.82, 2.24) is 14.1 Å². The van der Waals surface area contributed by atoms with Crippen LogP contribution in [0.4, 0.5) is 18.9 Å². The summed E-state index contributed by atoms with van der Waals surface area (Å²) in [5.41, 5.74) is 3.78. The largest absolute Gasteiger partial charge is 0.497 e. The molecular formula is C31H33F3N4O3S. The van der Waals surface area contributed by atoms with Gasteiger partial charge in [0.1, 0.15) is 11.4 Å². The fourth-order valence-electron chi connectivity index (χ4n) is 4.23. The number of ether oxygens (including phenoxy) is 2. The van der Waals surface area contributed by atoms with Gasteiger partial charge in [-0.05, 0) is 66.4 Å². The Balaban J connectivity index is 0.000000216. The molecule has 0 saturated carbocycles. The van der Waals surface area contributed by atoms with Crippen LogP contribution in [-0.4, -0.2) is 60.8 Å². The zero-order valence-corrected chi connectivity index (χ0v) is 24.5. The molecular weight excluding hydrogens is 565 g/mol. The molecule has 0 unspecified atom stereocenters. The molecule has 0 spiro atoms. The molecule has 1 saturated heterocycles. The van der Waals surface area contributed by atoms with Crippen molar-refractivity contribution in [3.8, 4) is 17.0 Å². The van der Waals surface area contributed by atoms with Crippen LogP contribution in [0.2, 0.25) is 0 Å². The maximum Gasteiger partial charge on any atom is 0.416 e. The zero-order chi connectivity index (χ0) is 30.1. The number of hydrogen-bond donors (Lipinski definition) is 1. The van der Waals surface area contributed by atoms with Crippen molar-refractivity contribution in [2.45, 2.75) is 24.5 Å². The number of nitrogens with zero attached hydrogens (tertiary/aromatic N) is 3. The van der Waals surface area contributed by atoms with Gasteiger partial charge in [0.2, 0.25) is 0 Å². The Hall–Kier alpha value is -3.80. The molecule has 0 radical (unpaired) electrons. The van der Waals surface area contributed by atoms with Crippen LogP contribution in [0.25, 0.3) is 11.3 Å². The number of anilines is 1. The zero-order valence-electron chi connectivity index (χ0n) is 23.6. The van der Waals surface area contributed by atoms with Crippen LogP contribution in [0.1, 0.15) is 27.0 Å². The number of methoxy groups -OCH3 is 1. The molecule has 4 aromatic rings. The van der Waals surface area contributed by atoms with Crippen molar-refractivity contribution in [3.63, 3.8) is 0 Å². The van der Waals surface area contributed by atoms with Crippen molar-refractivity contribution in [2.75, 3.05) is 45.8 Å². The van der Waals surface area contributed by atoms with Gasteiger partial charge in [-0.25, -0.2) is 4.31 Å². The van der Waals surface area contributed by atoms with Gasteiger partial charge >= 0.3 is 6.18 Å². The second-order valence-electron chi connectivity index (χ2n) is 9.54. The number of rotatable bonds is 8. The molecule has 0 bridgehead atoms. The van der Waals surface area contributed by atoms with Crippen molar-refractivity contribution < 1.29 is 27.4 Å². The monoisotopic (exact) mass is 598 g/mol. The first-order chi connectivity index (χ1) is 20.2. The van der Waals surface area contributed by atoms with Crippen LogP contribution < -0.4 is 10.1 Å². The number of aldehydes is 1. The summed E-state index contributed by atoms with van der Waals surface area (Å²) in [7, 11) is 3.52. The van der Waals surface area contributed by atoms with Gasteiger partial charge in [-0.1, -0.05) is 30.3 Å². The van der Waals surface area contributed by atoms with Crippen LogP contribution in [0.3, 0.4) is 0 Å². The van der Waals surface area contributed by atoms with Crippen LogP contribution in [-0.2, 0) is 17.5 Å². The minimum atomic E-state index is -4.41. The molecule has 11 heteroatoms. The first-order valence-electron chi connectivity index (χ1n) is 13.3. The standard InChI is InChI=1S/C19H15F3N2O2.C12H18N2OS/c1-26-17-4-2-3-13(9-17)10-24-11-15(12-25)18(23-24)14-5-7-16(8-6-14)19(20,21)22;1-10-3-4-11(13-2)9-12(10)16-14-5-7-15-8-6-14/h2-9,11-12H,10H2,1H3;3-4,9,13H,5-8H2,1-2H3. The van der Waals surface area contributed by atoms with Gasteiger partial charge < -0.3 is 14.8 Å². The molecule has 222 valence electrons. The highest BCUT2D eigenvalue weighted by Crippen LogP contribution is 2.32. The normalized spacial score (nSPS) is 13.7. The highest BCUT2D eigenvalue weighted by molar-refractivity contribution is 7.97. The third kappa shape index (κ3) is 8.37. The lowest BCUT2D eigenvalue weighted by atomic mass is 10.1. The molecule has 3 aromatic carbocycles. The van der Waals surface area contributed by atoms with Gasteiger partial charge in [0.15, 0.2) is 6.29 Å². The van der Waals surface area contributed by atoms with Gasteiger partial charge in [0.25, 0.3) is 0 Å². The highest BCUT2D eigenvalue weighted by atomic mass is 32.2. The average molecular weight is 599 g/mol. The van der Waals surface area contributed by atoms with Gasteiger partial charge in [0.05, 0.1) is 38.0 Å². The van der Waals surface area contributed by atoms with Crippen molar-refractivity contribution in [2.24, 2.45) is 0 Å². The summed E-state index contributed by atoms with van der Waals surface area (Å²) >= 11 is 1.83. The Labute approximate surface area is 247 Å². The van der Waals surface area contributed by atoms with Crippen LogP contribution in [0.5, 0.6) is 5.75 Å². The quantitative estimate of drug-likeness (QED) is 0.176. The van der Waals surface area contributed by atoms with Gasteiger partial charge in [-0.2, -0.15) is 18.3 Å². The van der Waals surface area contributed by atoms with E-state index in [0.29, 0.717) is 35.4 Å². The molecule has 0 aliphatic carbocycles. The molecule has 5 rings (SSSR count). The maximum atomic E-state index is 12.7. The average Bonchev–Trinajstić information content (AvgIpc) is 3.41. The lowest BCUT2D eigenvalue weighted by Crippen LogP contribution is -2.30. The summed E-state index contributed by atoms with van der Waals surface area (Å²) in [6.07, 6.45) is -2.20. The SMILES string of the molecule is CNc1ccc(C)c(SN2CCOCC2)c1.COc1cccc(Cn2cc(C=O)c(-c3ccc(C(F)(F)F)cc3)n2)c1. The predicted octanol–water partition coefficient (Wildman–Crippen LogP) is 6.81. The minimum Gasteiger partial charge on any atom is -0.497 e. The summed E-state index contributed by atoms with van der Waals surface area (Å²) in [6.45, 7) is 6.26. The van der Waals surface area contributed by atoms with Gasteiger partial charge in [-0.15, -0.1) is 0 Å². The van der Waals surface area contributed by atoms with Crippen LogP contribution >= 0.6 is 11.9 Å². The van der Waals surface area contributed by atoms with E-state index in [4.69, 9.17) is 9.47 Å². The Morgan fingerprint density at radius 3 is 2.45 bits per heavy atom. The summed E-state index contributed by atoms with van der Waals surface area (Å²) in [5, 5.41) is 7.53. The van der Waals surface area contributed by atoms with E-state index in [0.717, 1.165) is 44.0 Å².